The molecule has 0 spiro atoms. The van der Waals surface area contributed by atoms with E-state index in [1.807, 2.05) is 31.1 Å². The molecule has 2 aromatic carbocycles. The van der Waals surface area contributed by atoms with Gasteiger partial charge in [0.05, 0.1) is 17.5 Å². The molecule has 1 heterocycles. The quantitative estimate of drug-likeness (QED) is 0.640. The zero-order chi connectivity index (χ0) is 24.2. The highest BCUT2D eigenvalue weighted by Gasteiger charge is 2.42. The first kappa shape index (κ1) is 23.6. The van der Waals surface area contributed by atoms with Crippen molar-refractivity contribution in [1.82, 2.24) is 15.2 Å². The summed E-state index contributed by atoms with van der Waals surface area (Å²) in [5.74, 6) is -1.64. The number of halogens is 1. The molecule has 2 aromatic rings. The van der Waals surface area contributed by atoms with Crippen LogP contribution in [0, 0.1) is 17.7 Å². The number of fused-ring (bicyclic) bond motifs is 1. The second kappa shape index (κ2) is 10.2. The van der Waals surface area contributed by atoms with E-state index in [4.69, 9.17) is 0 Å². The lowest BCUT2D eigenvalue weighted by Gasteiger charge is -2.38. The maximum Gasteiger partial charge on any atom is 0.254 e. The van der Waals surface area contributed by atoms with Gasteiger partial charge in [0.25, 0.3) is 5.91 Å². The molecule has 34 heavy (non-hydrogen) atoms. The lowest BCUT2D eigenvalue weighted by molar-refractivity contribution is -0.139. The summed E-state index contributed by atoms with van der Waals surface area (Å²) in [5, 5.41) is 1.27. The lowest BCUT2D eigenvalue weighted by atomic mass is 9.80. The van der Waals surface area contributed by atoms with Crippen LogP contribution in [-0.4, -0.2) is 54.7 Å². The Kier molecular flexibility index (Phi) is 7.07. The van der Waals surface area contributed by atoms with E-state index in [1.54, 1.807) is 41.3 Å². The molecule has 1 fully saturated rings. The molecule has 1 aliphatic carbocycles. The zero-order valence-corrected chi connectivity index (χ0v) is 19.4. The highest BCUT2D eigenvalue weighted by Crippen LogP contribution is 2.32. The van der Waals surface area contributed by atoms with E-state index < -0.39 is 5.92 Å². The summed E-state index contributed by atoms with van der Waals surface area (Å²) in [5.41, 5.74) is 4.38. The van der Waals surface area contributed by atoms with Gasteiger partial charge in [-0.25, -0.2) is 9.40 Å². The van der Waals surface area contributed by atoms with Gasteiger partial charge in [0.2, 0.25) is 11.8 Å². The molecule has 0 saturated carbocycles. The molecule has 0 radical (unpaired) electrons. The SMILES string of the molecule is CN(C)CCN(Cc1ccc(F)cc1)C(=O)c1cccc(N2NC(=O)C3CC=CCC3C2=O)c1. The number of allylic oxidation sites excluding steroid dienone is 2. The van der Waals surface area contributed by atoms with E-state index in [2.05, 4.69) is 5.43 Å². The van der Waals surface area contributed by atoms with E-state index in [9.17, 15) is 18.8 Å². The molecular formula is C26H29FN4O3. The summed E-state index contributed by atoms with van der Waals surface area (Å²) >= 11 is 0. The molecule has 3 amide bonds. The number of amides is 3. The normalized spacial score (nSPS) is 19.7. The fourth-order valence-electron chi connectivity index (χ4n) is 4.33. The highest BCUT2D eigenvalue weighted by molar-refractivity contribution is 6.05. The number of hydrogen-bond donors (Lipinski definition) is 1. The standard InChI is InChI=1S/C26H29FN4O3/c1-29(2)14-15-30(17-18-10-12-20(27)13-11-18)25(33)19-6-5-7-21(16-19)31-26(34)23-9-4-3-8-22(23)24(32)28-31/h3-7,10-13,16,22-23H,8-9,14-15,17H2,1-2H3,(H,28,32). The van der Waals surface area contributed by atoms with Gasteiger partial charge in [-0.1, -0.05) is 30.4 Å². The van der Waals surface area contributed by atoms with Gasteiger partial charge in [-0.05, 0) is 62.8 Å². The van der Waals surface area contributed by atoms with Crippen LogP contribution in [0.25, 0.3) is 0 Å². The van der Waals surface area contributed by atoms with Crippen LogP contribution in [0.4, 0.5) is 10.1 Å². The Hall–Kier alpha value is -3.52. The maximum absolute atomic E-state index is 13.5. The van der Waals surface area contributed by atoms with Gasteiger partial charge in [-0.3, -0.25) is 19.8 Å². The van der Waals surface area contributed by atoms with E-state index in [1.165, 1.54) is 17.1 Å². The molecule has 178 valence electrons. The number of likely N-dealkylation sites (N-methyl/N-ethyl adjacent to an activating group) is 1. The maximum atomic E-state index is 13.5. The van der Waals surface area contributed by atoms with E-state index in [0.717, 1.165) is 5.56 Å². The highest BCUT2D eigenvalue weighted by atomic mass is 19.1. The van der Waals surface area contributed by atoms with Crippen molar-refractivity contribution in [3.05, 3.63) is 77.6 Å². The van der Waals surface area contributed by atoms with E-state index in [0.29, 0.717) is 43.7 Å². The van der Waals surface area contributed by atoms with Crippen molar-refractivity contribution in [2.24, 2.45) is 11.8 Å². The van der Waals surface area contributed by atoms with Crippen molar-refractivity contribution >= 4 is 23.4 Å². The van der Waals surface area contributed by atoms with Gasteiger partial charge in [-0.2, -0.15) is 0 Å². The zero-order valence-electron chi connectivity index (χ0n) is 19.4. The number of nitrogens with zero attached hydrogens (tertiary/aromatic N) is 3. The topological polar surface area (TPSA) is 73.0 Å². The number of hydrogen-bond acceptors (Lipinski definition) is 4. The molecule has 7 nitrogen and oxygen atoms in total. The molecule has 2 unspecified atom stereocenters. The van der Waals surface area contributed by atoms with Gasteiger partial charge in [0.15, 0.2) is 0 Å². The Balaban J connectivity index is 1.57. The van der Waals surface area contributed by atoms with Crippen LogP contribution in [0.2, 0.25) is 0 Å². The Labute approximate surface area is 198 Å². The number of rotatable bonds is 7. The fourth-order valence-corrected chi connectivity index (χ4v) is 4.33. The summed E-state index contributed by atoms with van der Waals surface area (Å²) in [4.78, 5) is 42.9. The number of nitrogens with one attached hydrogen (secondary N) is 1. The molecule has 1 aliphatic heterocycles. The first-order chi connectivity index (χ1) is 16.3. The van der Waals surface area contributed by atoms with Crippen molar-refractivity contribution in [3.8, 4) is 0 Å². The van der Waals surface area contributed by atoms with Crippen molar-refractivity contribution < 1.29 is 18.8 Å². The summed E-state index contributed by atoms with van der Waals surface area (Å²) < 4.78 is 13.3. The van der Waals surface area contributed by atoms with Crippen LogP contribution in [0.3, 0.4) is 0 Å². The summed E-state index contributed by atoms with van der Waals surface area (Å²) in [6.45, 7) is 1.46. The summed E-state index contributed by atoms with van der Waals surface area (Å²) in [7, 11) is 3.86. The third kappa shape index (κ3) is 5.17. The molecular weight excluding hydrogens is 435 g/mol. The van der Waals surface area contributed by atoms with Crippen LogP contribution in [-0.2, 0) is 16.1 Å². The number of carbonyl (C=O) groups excluding carboxylic acids is 3. The fraction of sp³-hybridized carbons (Fsp3) is 0.346. The van der Waals surface area contributed by atoms with Gasteiger partial charge in [0, 0.05) is 25.2 Å². The van der Waals surface area contributed by atoms with Gasteiger partial charge < -0.3 is 9.80 Å². The van der Waals surface area contributed by atoms with Crippen molar-refractivity contribution in [2.75, 3.05) is 32.2 Å². The minimum Gasteiger partial charge on any atom is -0.333 e. The van der Waals surface area contributed by atoms with Crippen molar-refractivity contribution in [2.45, 2.75) is 19.4 Å². The van der Waals surface area contributed by atoms with Crippen LogP contribution < -0.4 is 10.4 Å². The van der Waals surface area contributed by atoms with E-state index in [-0.39, 0.29) is 29.5 Å². The molecule has 4 rings (SSSR count). The summed E-state index contributed by atoms with van der Waals surface area (Å²) in [6.07, 6.45) is 4.96. The van der Waals surface area contributed by atoms with Crippen LogP contribution >= 0.6 is 0 Å². The Morgan fingerprint density at radius 3 is 2.44 bits per heavy atom. The third-order valence-corrected chi connectivity index (χ3v) is 6.27. The number of carbonyl (C=O) groups is 3. The smallest absolute Gasteiger partial charge is 0.254 e. The van der Waals surface area contributed by atoms with Crippen LogP contribution in [0.5, 0.6) is 0 Å². The van der Waals surface area contributed by atoms with Gasteiger partial charge in [-0.15, -0.1) is 0 Å². The molecule has 0 bridgehead atoms. The van der Waals surface area contributed by atoms with Gasteiger partial charge >= 0.3 is 0 Å². The van der Waals surface area contributed by atoms with Crippen LogP contribution in [0.15, 0.2) is 60.7 Å². The monoisotopic (exact) mass is 464 g/mol. The average molecular weight is 465 g/mol. The van der Waals surface area contributed by atoms with Crippen molar-refractivity contribution in [1.29, 1.82) is 0 Å². The third-order valence-electron chi connectivity index (χ3n) is 6.27. The first-order valence-electron chi connectivity index (χ1n) is 11.4. The Morgan fingerprint density at radius 1 is 1.03 bits per heavy atom. The number of hydrazine groups is 1. The predicted molar refractivity (Wildman–Crippen MR) is 127 cm³/mol. The number of benzene rings is 2. The Morgan fingerprint density at radius 2 is 1.74 bits per heavy atom. The van der Waals surface area contributed by atoms with E-state index >= 15 is 0 Å². The number of anilines is 1. The second-order valence-corrected chi connectivity index (χ2v) is 9.01. The predicted octanol–water partition coefficient (Wildman–Crippen LogP) is 2.99. The molecule has 2 atom stereocenters. The largest absolute Gasteiger partial charge is 0.333 e. The molecule has 8 heteroatoms. The lowest BCUT2D eigenvalue weighted by Crippen LogP contribution is -2.59. The first-order valence-corrected chi connectivity index (χ1v) is 11.4. The Bertz CT molecular complexity index is 1100. The minimum absolute atomic E-state index is 0.172. The molecule has 0 aromatic heterocycles. The molecule has 1 N–H and O–H groups in total. The average Bonchev–Trinajstić information content (AvgIpc) is 2.84. The minimum atomic E-state index is -0.395. The molecule has 1 saturated heterocycles. The van der Waals surface area contributed by atoms with Crippen LogP contribution in [0.1, 0.15) is 28.8 Å². The van der Waals surface area contributed by atoms with Gasteiger partial charge in [0.1, 0.15) is 5.82 Å². The molecule has 2 aliphatic rings. The van der Waals surface area contributed by atoms with Crippen molar-refractivity contribution in [3.63, 3.8) is 0 Å². The second-order valence-electron chi connectivity index (χ2n) is 9.01. The summed E-state index contributed by atoms with van der Waals surface area (Å²) in [6, 6.07) is 12.8.